The highest BCUT2D eigenvalue weighted by Gasteiger charge is 2.21. The van der Waals surface area contributed by atoms with Gasteiger partial charge >= 0.3 is 12.1 Å². The Bertz CT molecular complexity index is 1940. The number of fused-ring (bicyclic) bond motifs is 1. The summed E-state index contributed by atoms with van der Waals surface area (Å²) in [4.78, 5) is 16.2. The summed E-state index contributed by atoms with van der Waals surface area (Å²) in [7, 11) is -9.73. The van der Waals surface area contributed by atoms with Crippen molar-refractivity contribution in [3.63, 3.8) is 0 Å². The number of azo groups is 1. The van der Waals surface area contributed by atoms with Crippen LogP contribution < -0.4 is 16.4 Å². The second-order valence-electron chi connectivity index (χ2n) is 7.77. The maximum absolute atomic E-state index is 13.6. The average Bonchev–Trinajstić information content (AvgIpc) is 2.84. The van der Waals surface area contributed by atoms with Crippen LogP contribution in [0.3, 0.4) is 0 Å². The molecule has 0 bridgehead atoms. The van der Waals surface area contributed by atoms with E-state index < -0.39 is 58.9 Å². The molecule has 2 amide bonds. The molecule has 0 aliphatic carbocycles. The fourth-order valence-electron chi connectivity index (χ4n) is 3.37. The second kappa shape index (κ2) is 10.7. The summed E-state index contributed by atoms with van der Waals surface area (Å²) < 4.78 is 92.8. The van der Waals surface area contributed by atoms with Gasteiger partial charge in [0.15, 0.2) is 5.82 Å². The molecule has 19 heteroatoms. The third-order valence-electron chi connectivity index (χ3n) is 5.02. The van der Waals surface area contributed by atoms with E-state index >= 15 is 0 Å². The summed E-state index contributed by atoms with van der Waals surface area (Å²) >= 11 is 5.75. The first-order valence-electron chi connectivity index (χ1n) is 10.4. The zero-order valence-corrected chi connectivity index (χ0v) is 21.8. The van der Waals surface area contributed by atoms with Gasteiger partial charge in [0.1, 0.15) is 15.6 Å². The van der Waals surface area contributed by atoms with E-state index in [0.717, 1.165) is 6.07 Å². The normalized spacial score (nSPS) is 12.1. The molecule has 0 aliphatic heterocycles. The number of hydrogen-bond donors (Lipinski definition) is 5. The number of anilines is 3. The van der Waals surface area contributed by atoms with E-state index in [1.54, 1.807) is 0 Å². The van der Waals surface area contributed by atoms with Crippen molar-refractivity contribution in [2.45, 2.75) is 9.79 Å². The van der Waals surface area contributed by atoms with Gasteiger partial charge in [-0.2, -0.15) is 40.7 Å². The third-order valence-corrected chi connectivity index (χ3v) is 7.08. The van der Waals surface area contributed by atoms with Gasteiger partial charge in [-0.15, -0.1) is 5.11 Å². The lowest BCUT2D eigenvalue weighted by atomic mass is 10.1. The number of nitrogens with one attached hydrogen (secondary N) is 2. The van der Waals surface area contributed by atoms with E-state index in [0.29, 0.717) is 6.07 Å². The van der Waals surface area contributed by atoms with Crippen LogP contribution in [0.25, 0.3) is 10.8 Å². The Kier molecular flexibility index (Phi) is 7.63. The van der Waals surface area contributed by atoms with Crippen molar-refractivity contribution in [1.29, 1.82) is 0 Å². The lowest BCUT2D eigenvalue weighted by Crippen LogP contribution is -2.19. The quantitative estimate of drug-likeness (QED) is 0.0834. The van der Waals surface area contributed by atoms with Crippen molar-refractivity contribution in [2.75, 3.05) is 10.6 Å². The van der Waals surface area contributed by atoms with Crippen molar-refractivity contribution in [3.05, 3.63) is 65.6 Å². The van der Waals surface area contributed by atoms with Gasteiger partial charge < -0.3 is 16.4 Å². The number of rotatable bonds is 7. The Labute approximate surface area is 228 Å². The predicted molar refractivity (Wildman–Crippen MR) is 138 cm³/mol. The molecule has 14 nitrogen and oxygen atoms in total. The lowest BCUT2D eigenvalue weighted by molar-refractivity contribution is 0.259. The summed E-state index contributed by atoms with van der Waals surface area (Å²) in [6.45, 7) is 0. The molecule has 6 N–H and O–H groups in total. The van der Waals surface area contributed by atoms with Crippen molar-refractivity contribution >= 4 is 77.2 Å². The lowest BCUT2D eigenvalue weighted by Gasteiger charge is -2.11. The standard InChI is InChI=1S/C21H14ClF2N7O7S2/c22-17-18(23)28-20(24)29-19(17)26-10-3-4-14(15(7-10)27-21(25)32)31-30-11-2-1-9-5-12(39(33,34)35)8-16(13(9)6-11)40(36,37)38/h1-8H,(H3,25,27,32)(H,26,28,29)(H,33,34,35)(H,36,37,38). The minimum absolute atomic E-state index is 0.0207. The fourth-order valence-corrected chi connectivity index (χ4v) is 4.85. The summed E-state index contributed by atoms with van der Waals surface area (Å²) in [5, 5.41) is 12.1. The first kappa shape index (κ1) is 28.6. The second-order valence-corrected chi connectivity index (χ2v) is 11.0. The number of primary amides is 1. The van der Waals surface area contributed by atoms with Crippen LogP contribution in [0, 0.1) is 12.0 Å². The Morgan fingerprint density at radius 1 is 0.950 bits per heavy atom. The maximum atomic E-state index is 13.6. The molecule has 4 aromatic rings. The minimum Gasteiger partial charge on any atom is -0.351 e. The van der Waals surface area contributed by atoms with E-state index in [4.69, 9.17) is 17.3 Å². The van der Waals surface area contributed by atoms with Crippen LogP contribution in [0.15, 0.2) is 68.6 Å². The van der Waals surface area contributed by atoms with Gasteiger partial charge in [0, 0.05) is 11.1 Å². The smallest absolute Gasteiger partial charge is 0.316 e. The summed E-state index contributed by atoms with van der Waals surface area (Å²) in [5.41, 5.74) is 5.37. The molecule has 0 aliphatic rings. The molecule has 0 spiro atoms. The largest absolute Gasteiger partial charge is 0.351 e. The van der Waals surface area contributed by atoms with E-state index in [9.17, 15) is 39.5 Å². The first-order valence-corrected chi connectivity index (χ1v) is 13.7. The van der Waals surface area contributed by atoms with Crippen LogP contribution >= 0.6 is 11.6 Å². The van der Waals surface area contributed by atoms with Gasteiger partial charge in [-0.05, 0) is 47.9 Å². The molecule has 1 heterocycles. The monoisotopic (exact) mass is 613 g/mol. The van der Waals surface area contributed by atoms with Crippen molar-refractivity contribution < 1.29 is 39.5 Å². The van der Waals surface area contributed by atoms with Gasteiger partial charge in [-0.25, -0.2) is 4.79 Å². The molecule has 0 saturated carbocycles. The number of halogens is 3. The SMILES string of the molecule is NC(=O)Nc1cc(Nc2nc(F)nc(F)c2Cl)ccc1N=Nc1ccc2cc(S(=O)(=O)O)cc(S(=O)(=O)O)c2c1. The number of benzene rings is 3. The zero-order chi connectivity index (χ0) is 29.4. The van der Waals surface area contributed by atoms with Crippen LogP contribution in [-0.4, -0.2) is 41.9 Å². The number of nitrogens with zero attached hydrogens (tertiary/aromatic N) is 4. The van der Waals surface area contributed by atoms with Crippen molar-refractivity contribution in [1.82, 2.24) is 9.97 Å². The zero-order valence-electron chi connectivity index (χ0n) is 19.4. The van der Waals surface area contributed by atoms with Crippen LogP contribution in [0.2, 0.25) is 5.02 Å². The molecule has 0 unspecified atom stereocenters. The van der Waals surface area contributed by atoms with Gasteiger partial charge in [0.25, 0.3) is 20.2 Å². The average molecular weight is 614 g/mol. The molecule has 3 aromatic carbocycles. The molecule has 1 aromatic heterocycles. The fraction of sp³-hybridized carbons (Fsp3) is 0. The van der Waals surface area contributed by atoms with E-state index in [1.807, 2.05) is 0 Å². The van der Waals surface area contributed by atoms with Gasteiger partial charge in [-0.1, -0.05) is 17.7 Å². The molecule has 0 fully saturated rings. The van der Waals surface area contributed by atoms with Crippen molar-refractivity contribution in [3.8, 4) is 0 Å². The van der Waals surface area contributed by atoms with E-state index in [2.05, 4.69) is 30.8 Å². The highest BCUT2D eigenvalue weighted by molar-refractivity contribution is 7.86. The Balaban J connectivity index is 1.74. The topological polar surface area (TPSA) is 226 Å². The van der Waals surface area contributed by atoms with E-state index in [-0.39, 0.29) is 33.5 Å². The number of carbonyl (C=O) groups excluding carboxylic acids is 1. The van der Waals surface area contributed by atoms with Crippen LogP contribution in [0.4, 0.5) is 42.1 Å². The Morgan fingerprint density at radius 3 is 2.33 bits per heavy atom. The number of carbonyl (C=O) groups is 1. The van der Waals surface area contributed by atoms with Crippen LogP contribution in [-0.2, 0) is 20.2 Å². The third kappa shape index (κ3) is 6.43. The van der Waals surface area contributed by atoms with Crippen LogP contribution in [0.5, 0.6) is 0 Å². The molecule has 0 atom stereocenters. The van der Waals surface area contributed by atoms with Gasteiger partial charge in [-0.3, -0.25) is 9.11 Å². The van der Waals surface area contributed by atoms with Crippen molar-refractivity contribution in [2.24, 2.45) is 16.0 Å². The number of urea groups is 1. The summed E-state index contributed by atoms with van der Waals surface area (Å²) in [6, 6.07) is 8.29. The number of nitrogens with two attached hydrogens (primary N) is 1. The highest BCUT2D eigenvalue weighted by Crippen LogP contribution is 2.34. The Morgan fingerprint density at radius 2 is 1.68 bits per heavy atom. The predicted octanol–water partition coefficient (Wildman–Crippen LogP) is 4.70. The first-order chi connectivity index (χ1) is 18.6. The van der Waals surface area contributed by atoms with E-state index in [1.165, 1.54) is 36.4 Å². The molecular formula is C21H14ClF2N7O7S2. The molecular weight excluding hydrogens is 600 g/mol. The maximum Gasteiger partial charge on any atom is 0.316 e. The van der Waals surface area contributed by atoms with Gasteiger partial charge in [0.2, 0.25) is 5.95 Å². The molecule has 0 radical (unpaired) electrons. The highest BCUT2D eigenvalue weighted by atomic mass is 35.5. The Hall–Kier alpha value is -4.36. The molecule has 40 heavy (non-hydrogen) atoms. The minimum atomic E-state index is -4.94. The number of hydrogen-bond acceptors (Lipinski definition) is 10. The number of aromatic nitrogens is 2. The molecule has 4 rings (SSSR count). The summed E-state index contributed by atoms with van der Waals surface area (Å²) in [6.07, 6.45) is -1.38. The number of amides is 2. The molecule has 0 saturated heterocycles. The van der Waals surface area contributed by atoms with Crippen LogP contribution in [0.1, 0.15) is 0 Å². The van der Waals surface area contributed by atoms with Gasteiger partial charge in [0.05, 0.1) is 16.3 Å². The molecule has 208 valence electrons. The summed E-state index contributed by atoms with van der Waals surface area (Å²) in [5.74, 6) is -1.71.